The van der Waals surface area contributed by atoms with Crippen LogP contribution in [0.15, 0.2) is 24.3 Å². The van der Waals surface area contributed by atoms with E-state index in [1.807, 2.05) is 31.2 Å². The standard InChI is InChI=1S/C11H16ClNO2/c1-8(13-6-11(15)7-14)9-3-2-4-10(12)5-9/h2-5,8,11,13-15H,6-7H2,1H3/t8-,11+/m1/s1. The summed E-state index contributed by atoms with van der Waals surface area (Å²) >= 11 is 5.86. The second-order valence-corrected chi connectivity index (χ2v) is 3.96. The maximum absolute atomic E-state index is 9.17. The predicted octanol–water partition coefficient (Wildman–Crippen LogP) is 1.34. The molecule has 0 fully saturated rings. The Bertz CT molecular complexity index is 306. The quantitative estimate of drug-likeness (QED) is 0.715. The molecule has 0 aliphatic carbocycles. The highest BCUT2D eigenvalue weighted by Gasteiger charge is 2.07. The van der Waals surface area contributed by atoms with Crippen LogP contribution < -0.4 is 5.32 Å². The van der Waals surface area contributed by atoms with E-state index in [-0.39, 0.29) is 12.6 Å². The highest BCUT2D eigenvalue weighted by atomic mass is 35.5. The number of nitrogens with one attached hydrogen (secondary N) is 1. The van der Waals surface area contributed by atoms with Crippen molar-refractivity contribution in [2.45, 2.75) is 19.1 Å². The Hall–Kier alpha value is -0.610. The van der Waals surface area contributed by atoms with Crippen LogP contribution in [-0.2, 0) is 0 Å². The minimum Gasteiger partial charge on any atom is -0.394 e. The molecular formula is C11H16ClNO2. The summed E-state index contributed by atoms with van der Waals surface area (Å²) in [5.41, 5.74) is 1.06. The van der Waals surface area contributed by atoms with Gasteiger partial charge in [-0.3, -0.25) is 0 Å². The van der Waals surface area contributed by atoms with Gasteiger partial charge in [-0.25, -0.2) is 0 Å². The molecule has 0 bridgehead atoms. The highest BCUT2D eigenvalue weighted by Crippen LogP contribution is 2.16. The van der Waals surface area contributed by atoms with E-state index >= 15 is 0 Å². The summed E-state index contributed by atoms with van der Waals surface area (Å²) in [6.45, 7) is 2.12. The molecule has 4 heteroatoms. The van der Waals surface area contributed by atoms with Crippen molar-refractivity contribution in [3.05, 3.63) is 34.9 Å². The third-order valence-corrected chi connectivity index (χ3v) is 2.45. The van der Waals surface area contributed by atoms with Crippen molar-refractivity contribution >= 4 is 11.6 Å². The zero-order chi connectivity index (χ0) is 11.3. The maximum atomic E-state index is 9.17. The lowest BCUT2D eigenvalue weighted by atomic mass is 10.1. The van der Waals surface area contributed by atoms with Gasteiger partial charge in [-0.05, 0) is 24.6 Å². The molecule has 0 saturated carbocycles. The Morgan fingerprint density at radius 3 is 2.80 bits per heavy atom. The van der Waals surface area contributed by atoms with Crippen molar-refractivity contribution in [3.63, 3.8) is 0 Å². The Morgan fingerprint density at radius 1 is 1.47 bits per heavy atom. The summed E-state index contributed by atoms with van der Waals surface area (Å²) in [4.78, 5) is 0. The second kappa shape index (κ2) is 6.08. The number of rotatable bonds is 5. The molecule has 3 N–H and O–H groups in total. The topological polar surface area (TPSA) is 52.5 Å². The average molecular weight is 230 g/mol. The van der Waals surface area contributed by atoms with Crippen LogP contribution in [0.3, 0.4) is 0 Å². The van der Waals surface area contributed by atoms with Gasteiger partial charge in [-0.15, -0.1) is 0 Å². The van der Waals surface area contributed by atoms with Gasteiger partial charge in [0.2, 0.25) is 0 Å². The van der Waals surface area contributed by atoms with E-state index in [4.69, 9.17) is 21.8 Å². The summed E-state index contributed by atoms with van der Waals surface area (Å²) in [5, 5.41) is 21.6. The van der Waals surface area contributed by atoms with Gasteiger partial charge in [0.1, 0.15) is 0 Å². The first-order valence-corrected chi connectivity index (χ1v) is 5.29. The number of halogens is 1. The zero-order valence-electron chi connectivity index (χ0n) is 8.65. The van der Waals surface area contributed by atoms with E-state index in [2.05, 4.69) is 5.32 Å². The van der Waals surface area contributed by atoms with Gasteiger partial charge in [0.15, 0.2) is 0 Å². The van der Waals surface area contributed by atoms with E-state index in [0.29, 0.717) is 11.6 Å². The van der Waals surface area contributed by atoms with E-state index in [1.165, 1.54) is 0 Å². The molecule has 0 saturated heterocycles. The SMILES string of the molecule is C[C@@H](NC[C@H](O)CO)c1cccc(Cl)c1. The summed E-state index contributed by atoms with van der Waals surface area (Å²) in [5.74, 6) is 0. The Morgan fingerprint density at radius 2 is 2.20 bits per heavy atom. The lowest BCUT2D eigenvalue weighted by molar-refractivity contribution is 0.0924. The van der Waals surface area contributed by atoms with E-state index in [1.54, 1.807) is 0 Å². The maximum Gasteiger partial charge on any atom is 0.0895 e. The van der Waals surface area contributed by atoms with Gasteiger partial charge < -0.3 is 15.5 Å². The molecular weight excluding hydrogens is 214 g/mol. The van der Waals surface area contributed by atoms with Gasteiger partial charge in [-0.2, -0.15) is 0 Å². The fraction of sp³-hybridized carbons (Fsp3) is 0.455. The van der Waals surface area contributed by atoms with Gasteiger partial charge in [0, 0.05) is 17.6 Å². The van der Waals surface area contributed by atoms with E-state index in [9.17, 15) is 0 Å². The molecule has 0 heterocycles. The van der Waals surface area contributed by atoms with Crippen LogP contribution in [0.2, 0.25) is 5.02 Å². The lowest BCUT2D eigenvalue weighted by Gasteiger charge is -2.16. The predicted molar refractivity (Wildman–Crippen MR) is 61.0 cm³/mol. The largest absolute Gasteiger partial charge is 0.394 e. The number of benzene rings is 1. The molecule has 0 unspecified atom stereocenters. The molecule has 1 aromatic rings. The van der Waals surface area contributed by atoms with Crippen LogP contribution >= 0.6 is 11.6 Å². The van der Waals surface area contributed by atoms with Crippen molar-refractivity contribution in [2.24, 2.45) is 0 Å². The van der Waals surface area contributed by atoms with E-state index < -0.39 is 6.10 Å². The highest BCUT2D eigenvalue weighted by molar-refractivity contribution is 6.30. The molecule has 15 heavy (non-hydrogen) atoms. The fourth-order valence-electron chi connectivity index (χ4n) is 1.27. The van der Waals surface area contributed by atoms with Crippen LogP contribution in [0.25, 0.3) is 0 Å². The Balaban J connectivity index is 2.50. The Labute approximate surface area is 94.7 Å². The van der Waals surface area contributed by atoms with Crippen molar-refractivity contribution in [1.29, 1.82) is 0 Å². The summed E-state index contributed by atoms with van der Waals surface area (Å²) < 4.78 is 0. The molecule has 0 radical (unpaired) electrons. The number of hydrogen-bond acceptors (Lipinski definition) is 3. The van der Waals surface area contributed by atoms with Gasteiger partial charge in [0.25, 0.3) is 0 Å². The normalized spacial score (nSPS) is 14.9. The first kappa shape index (κ1) is 12.5. The third-order valence-electron chi connectivity index (χ3n) is 2.22. The molecule has 3 nitrogen and oxygen atoms in total. The van der Waals surface area contributed by atoms with Gasteiger partial charge >= 0.3 is 0 Å². The fourth-order valence-corrected chi connectivity index (χ4v) is 1.47. The van der Waals surface area contributed by atoms with Crippen molar-refractivity contribution < 1.29 is 10.2 Å². The zero-order valence-corrected chi connectivity index (χ0v) is 9.41. The van der Waals surface area contributed by atoms with Gasteiger partial charge in [0.05, 0.1) is 12.7 Å². The first-order valence-electron chi connectivity index (χ1n) is 4.91. The van der Waals surface area contributed by atoms with Crippen molar-refractivity contribution in [1.82, 2.24) is 5.32 Å². The molecule has 0 amide bonds. The molecule has 2 atom stereocenters. The lowest BCUT2D eigenvalue weighted by Crippen LogP contribution is -2.31. The molecule has 0 aliphatic heterocycles. The van der Waals surface area contributed by atoms with Crippen LogP contribution in [0.4, 0.5) is 0 Å². The molecule has 84 valence electrons. The van der Waals surface area contributed by atoms with Crippen LogP contribution in [0, 0.1) is 0 Å². The molecule has 0 aromatic heterocycles. The number of aliphatic hydroxyl groups is 2. The summed E-state index contributed by atoms with van der Waals surface area (Å²) in [6, 6.07) is 7.66. The molecule has 1 rings (SSSR count). The average Bonchev–Trinajstić information content (AvgIpc) is 2.25. The van der Waals surface area contributed by atoms with Gasteiger partial charge in [-0.1, -0.05) is 23.7 Å². The van der Waals surface area contributed by atoms with Crippen LogP contribution in [-0.4, -0.2) is 29.5 Å². The van der Waals surface area contributed by atoms with E-state index in [0.717, 1.165) is 5.56 Å². The van der Waals surface area contributed by atoms with Crippen LogP contribution in [0.5, 0.6) is 0 Å². The van der Waals surface area contributed by atoms with Crippen molar-refractivity contribution in [3.8, 4) is 0 Å². The van der Waals surface area contributed by atoms with Crippen molar-refractivity contribution in [2.75, 3.05) is 13.2 Å². The second-order valence-electron chi connectivity index (χ2n) is 3.52. The number of hydrogen-bond donors (Lipinski definition) is 3. The minimum atomic E-state index is -0.716. The van der Waals surface area contributed by atoms with Crippen LogP contribution in [0.1, 0.15) is 18.5 Å². The molecule has 1 aromatic carbocycles. The third kappa shape index (κ3) is 4.18. The smallest absolute Gasteiger partial charge is 0.0895 e. The molecule has 0 aliphatic rings. The Kier molecular flexibility index (Phi) is 5.05. The summed E-state index contributed by atoms with van der Waals surface area (Å²) in [7, 11) is 0. The summed E-state index contributed by atoms with van der Waals surface area (Å²) in [6.07, 6.45) is -0.716. The first-order chi connectivity index (χ1) is 7.13. The molecule has 0 spiro atoms. The number of aliphatic hydroxyl groups excluding tert-OH is 2. The minimum absolute atomic E-state index is 0.102. The monoisotopic (exact) mass is 229 g/mol.